The Bertz CT molecular complexity index is 1030. The standard InChI is InChI=1S/C28H39NO2.C5H6/c1-17(2)29(4)20-8-5-18(6-9-20)24-16-28(3)25(13-14-26(28)31)23-11-7-19-15-21(30)10-12-22(19)27(23)24;1-2-5-3-4-5/h5-6,8-9,15,17,22-27,31H,7,10-14,16H2,1-4H3;1,5H,3-4H2. The molecule has 0 aliphatic heterocycles. The van der Waals surface area contributed by atoms with E-state index in [0.717, 1.165) is 25.7 Å². The highest BCUT2D eigenvalue weighted by molar-refractivity contribution is 5.91. The van der Waals surface area contributed by atoms with Crippen LogP contribution in [0, 0.1) is 47.3 Å². The smallest absolute Gasteiger partial charge is 0.155 e. The molecule has 4 saturated carbocycles. The van der Waals surface area contributed by atoms with E-state index in [2.05, 4.69) is 62.9 Å². The summed E-state index contributed by atoms with van der Waals surface area (Å²) in [4.78, 5) is 14.5. The van der Waals surface area contributed by atoms with E-state index in [4.69, 9.17) is 6.42 Å². The number of terminal acetylenes is 1. The number of carbonyl (C=O) groups excluding carboxylic acids is 1. The van der Waals surface area contributed by atoms with E-state index in [1.54, 1.807) is 0 Å². The number of hydrogen-bond donors (Lipinski definition) is 1. The molecule has 3 nitrogen and oxygen atoms in total. The molecule has 1 N–H and O–H groups in total. The van der Waals surface area contributed by atoms with Crippen molar-refractivity contribution in [3.8, 4) is 12.3 Å². The first-order valence-corrected chi connectivity index (χ1v) is 14.4. The van der Waals surface area contributed by atoms with Crippen molar-refractivity contribution in [2.75, 3.05) is 11.9 Å². The molecule has 7 atom stereocenters. The van der Waals surface area contributed by atoms with Crippen LogP contribution < -0.4 is 4.90 Å². The van der Waals surface area contributed by atoms with Crippen molar-refractivity contribution in [3.05, 3.63) is 41.5 Å². The number of aliphatic hydroxyl groups is 1. The first-order chi connectivity index (χ1) is 17.2. The molecule has 4 fully saturated rings. The lowest BCUT2D eigenvalue weighted by Gasteiger charge is -2.57. The summed E-state index contributed by atoms with van der Waals surface area (Å²) in [5, 5.41) is 11.0. The third kappa shape index (κ3) is 4.67. The molecule has 5 aliphatic rings. The summed E-state index contributed by atoms with van der Waals surface area (Å²) in [6.45, 7) is 6.82. The monoisotopic (exact) mass is 487 g/mol. The summed E-state index contributed by atoms with van der Waals surface area (Å²) in [6.07, 6.45) is 16.6. The molecule has 0 spiro atoms. The van der Waals surface area contributed by atoms with Crippen LogP contribution in [-0.2, 0) is 4.79 Å². The highest BCUT2D eigenvalue weighted by Crippen LogP contribution is 2.65. The molecule has 5 aliphatic carbocycles. The average Bonchev–Trinajstić information content (AvgIpc) is 3.67. The van der Waals surface area contributed by atoms with Gasteiger partial charge in [-0.1, -0.05) is 24.6 Å². The minimum absolute atomic E-state index is 0.0327. The fourth-order valence-corrected chi connectivity index (χ4v) is 8.13. The lowest BCUT2D eigenvalue weighted by atomic mass is 9.48. The van der Waals surface area contributed by atoms with Crippen molar-refractivity contribution < 1.29 is 9.90 Å². The summed E-state index contributed by atoms with van der Waals surface area (Å²) in [6, 6.07) is 9.76. The molecule has 0 saturated heterocycles. The van der Waals surface area contributed by atoms with Crippen LogP contribution in [0.3, 0.4) is 0 Å². The number of carbonyl (C=O) groups is 1. The zero-order valence-electron chi connectivity index (χ0n) is 22.7. The third-order valence-electron chi connectivity index (χ3n) is 10.6. The van der Waals surface area contributed by atoms with Gasteiger partial charge in [0, 0.05) is 31.1 Å². The van der Waals surface area contributed by atoms with Crippen molar-refractivity contribution in [1.29, 1.82) is 0 Å². The molecule has 1 aromatic carbocycles. The van der Waals surface area contributed by atoms with E-state index in [0.29, 0.717) is 53.8 Å². The van der Waals surface area contributed by atoms with E-state index < -0.39 is 0 Å². The molecule has 0 aromatic heterocycles. The minimum Gasteiger partial charge on any atom is -0.393 e. The fraction of sp³-hybridized carbons (Fsp3) is 0.667. The quantitative estimate of drug-likeness (QED) is 0.479. The van der Waals surface area contributed by atoms with E-state index in [1.807, 2.05) is 6.08 Å². The Morgan fingerprint density at radius 1 is 1.03 bits per heavy atom. The van der Waals surface area contributed by atoms with Crippen molar-refractivity contribution in [2.45, 2.75) is 96.6 Å². The number of allylic oxidation sites excluding steroid dienone is 1. The molecular formula is C33H45NO2. The maximum absolute atomic E-state index is 12.1. The molecule has 36 heavy (non-hydrogen) atoms. The van der Waals surface area contributed by atoms with Crippen molar-refractivity contribution >= 4 is 11.5 Å². The summed E-state index contributed by atoms with van der Waals surface area (Å²) in [7, 11) is 2.16. The number of rotatable bonds is 3. The van der Waals surface area contributed by atoms with Gasteiger partial charge in [0.15, 0.2) is 5.78 Å². The second-order valence-electron chi connectivity index (χ2n) is 12.9. The van der Waals surface area contributed by atoms with Gasteiger partial charge in [-0.15, -0.1) is 12.3 Å². The highest BCUT2D eigenvalue weighted by Gasteiger charge is 2.59. The molecule has 0 radical (unpaired) electrons. The zero-order valence-corrected chi connectivity index (χ0v) is 22.7. The van der Waals surface area contributed by atoms with Crippen LogP contribution in [0.25, 0.3) is 0 Å². The SMILES string of the molecule is C#CC1CC1.CC(C)N(C)c1ccc(C2CC3(C)C(O)CCC3C3CCC4=CC(=O)CCC4C23)cc1. The number of nitrogens with zero attached hydrogens (tertiary/aromatic N) is 1. The Labute approximate surface area is 218 Å². The van der Waals surface area contributed by atoms with Gasteiger partial charge in [0.05, 0.1) is 6.10 Å². The topological polar surface area (TPSA) is 40.5 Å². The number of aliphatic hydroxyl groups excluding tert-OH is 1. The highest BCUT2D eigenvalue weighted by atomic mass is 16.3. The number of fused-ring (bicyclic) bond motifs is 5. The van der Waals surface area contributed by atoms with Crippen LogP contribution in [0.5, 0.6) is 0 Å². The average molecular weight is 488 g/mol. The summed E-state index contributed by atoms with van der Waals surface area (Å²) >= 11 is 0. The molecule has 0 heterocycles. The van der Waals surface area contributed by atoms with Gasteiger partial charge in [-0.3, -0.25) is 4.79 Å². The summed E-state index contributed by atoms with van der Waals surface area (Å²) in [5.41, 5.74) is 4.17. The van der Waals surface area contributed by atoms with E-state index in [1.165, 1.54) is 42.5 Å². The largest absolute Gasteiger partial charge is 0.393 e. The van der Waals surface area contributed by atoms with Crippen molar-refractivity contribution in [1.82, 2.24) is 0 Å². The van der Waals surface area contributed by atoms with Crippen LogP contribution in [0.1, 0.15) is 90.0 Å². The minimum atomic E-state index is -0.169. The van der Waals surface area contributed by atoms with Crippen LogP contribution >= 0.6 is 0 Å². The summed E-state index contributed by atoms with van der Waals surface area (Å²) < 4.78 is 0. The van der Waals surface area contributed by atoms with Gasteiger partial charge in [-0.25, -0.2) is 0 Å². The third-order valence-corrected chi connectivity index (χ3v) is 10.6. The molecular weight excluding hydrogens is 442 g/mol. The van der Waals surface area contributed by atoms with Crippen LogP contribution in [-0.4, -0.2) is 30.1 Å². The predicted molar refractivity (Wildman–Crippen MR) is 148 cm³/mol. The second kappa shape index (κ2) is 10.0. The Balaban J connectivity index is 0.000000477. The number of ketones is 1. The predicted octanol–water partition coefficient (Wildman–Crippen LogP) is 6.76. The Morgan fingerprint density at radius 3 is 2.36 bits per heavy atom. The van der Waals surface area contributed by atoms with Crippen molar-refractivity contribution in [2.24, 2.45) is 35.0 Å². The Kier molecular flexibility index (Phi) is 7.12. The van der Waals surface area contributed by atoms with Crippen LogP contribution in [0.4, 0.5) is 5.69 Å². The lowest BCUT2D eigenvalue weighted by molar-refractivity contribution is -0.116. The van der Waals surface area contributed by atoms with Crippen LogP contribution in [0.15, 0.2) is 35.9 Å². The van der Waals surface area contributed by atoms with E-state index in [-0.39, 0.29) is 11.5 Å². The lowest BCUT2D eigenvalue weighted by Crippen LogP contribution is -2.50. The van der Waals surface area contributed by atoms with Crippen LogP contribution in [0.2, 0.25) is 0 Å². The maximum Gasteiger partial charge on any atom is 0.155 e. The summed E-state index contributed by atoms with van der Waals surface area (Å²) in [5.74, 6) is 6.59. The molecule has 0 bridgehead atoms. The van der Waals surface area contributed by atoms with Gasteiger partial charge < -0.3 is 10.0 Å². The van der Waals surface area contributed by atoms with Gasteiger partial charge in [0.1, 0.15) is 0 Å². The van der Waals surface area contributed by atoms with Gasteiger partial charge in [0.25, 0.3) is 0 Å². The molecule has 1 aromatic rings. The number of hydrogen-bond acceptors (Lipinski definition) is 3. The Morgan fingerprint density at radius 2 is 1.75 bits per heavy atom. The zero-order chi connectivity index (χ0) is 25.6. The normalized spacial score (nSPS) is 37.0. The molecule has 194 valence electrons. The second-order valence-corrected chi connectivity index (χ2v) is 12.9. The Hall–Kier alpha value is -2.05. The van der Waals surface area contributed by atoms with Gasteiger partial charge in [-0.2, -0.15) is 0 Å². The maximum atomic E-state index is 12.1. The first kappa shape index (κ1) is 25.6. The van der Waals surface area contributed by atoms with Gasteiger partial charge >= 0.3 is 0 Å². The molecule has 6 rings (SSSR count). The molecule has 3 heteroatoms. The first-order valence-electron chi connectivity index (χ1n) is 14.4. The number of benzene rings is 1. The molecule has 7 unspecified atom stereocenters. The van der Waals surface area contributed by atoms with E-state index >= 15 is 0 Å². The van der Waals surface area contributed by atoms with Gasteiger partial charge in [-0.05, 0) is 124 Å². The van der Waals surface area contributed by atoms with Crippen molar-refractivity contribution in [3.63, 3.8) is 0 Å². The molecule has 0 amide bonds. The van der Waals surface area contributed by atoms with E-state index in [9.17, 15) is 9.90 Å². The number of anilines is 1. The van der Waals surface area contributed by atoms with Gasteiger partial charge in [0.2, 0.25) is 0 Å². The fourth-order valence-electron chi connectivity index (χ4n) is 8.13.